The van der Waals surface area contributed by atoms with Crippen LogP contribution in [0.3, 0.4) is 0 Å². The first kappa shape index (κ1) is 52.2. The summed E-state index contributed by atoms with van der Waals surface area (Å²) in [5, 5.41) is 13.8. The standard InChI is InChI=1S/C45H83N2O6P/c1-6-8-10-12-14-16-18-19-20-21-22-23-24-25-26-27-29-31-33-35-37-39-45(49)46-43(42-53-54(50,51)52-41-40-47(3,4)5)44(48)38-36-34-32-30-28-17-15-13-11-9-7-2/h8,10,14,16,19-20,22-23,25-26,43-44,48H,6-7,9,11-13,15,17-18,21,24,27-42H2,1-5H3,(H-,46,49,50,51)/b10-8-,16-14-,20-19-,23-22-,26-25-. The van der Waals surface area contributed by atoms with E-state index < -0.39 is 20.0 Å². The molecule has 0 radical (unpaired) electrons. The minimum absolute atomic E-state index is 0.00488. The van der Waals surface area contributed by atoms with Gasteiger partial charge in [-0.25, -0.2) is 0 Å². The molecule has 0 aromatic carbocycles. The van der Waals surface area contributed by atoms with Crippen LogP contribution in [0.2, 0.25) is 0 Å². The molecule has 0 saturated carbocycles. The fraction of sp³-hybridized carbons (Fsp3) is 0.756. The number of aliphatic hydroxyl groups excluding tert-OH is 1. The van der Waals surface area contributed by atoms with Crippen molar-refractivity contribution in [2.75, 3.05) is 40.9 Å². The maximum absolute atomic E-state index is 12.8. The molecular weight excluding hydrogens is 695 g/mol. The van der Waals surface area contributed by atoms with E-state index >= 15 is 0 Å². The Hall–Kier alpha value is -1.80. The summed E-state index contributed by atoms with van der Waals surface area (Å²) in [6, 6.07) is -0.812. The number of hydrogen-bond donors (Lipinski definition) is 2. The van der Waals surface area contributed by atoms with Crippen molar-refractivity contribution in [3.63, 3.8) is 0 Å². The smallest absolute Gasteiger partial charge is 0.268 e. The Balaban J connectivity index is 4.39. The van der Waals surface area contributed by atoms with E-state index in [-0.39, 0.29) is 19.1 Å². The predicted molar refractivity (Wildman–Crippen MR) is 228 cm³/mol. The van der Waals surface area contributed by atoms with Gasteiger partial charge in [-0.2, -0.15) is 0 Å². The van der Waals surface area contributed by atoms with Crippen molar-refractivity contribution in [1.29, 1.82) is 0 Å². The van der Waals surface area contributed by atoms with E-state index in [1.165, 1.54) is 51.4 Å². The van der Waals surface area contributed by atoms with Crippen molar-refractivity contribution in [2.45, 2.75) is 180 Å². The molecule has 8 nitrogen and oxygen atoms in total. The van der Waals surface area contributed by atoms with Gasteiger partial charge in [-0.1, -0.05) is 164 Å². The molecule has 3 unspecified atom stereocenters. The van der Waals surface area contributed by atoms with Crippen LogP contribution in [0.25, 0.3) is 0 Å². The van der Waals surface area contributed by atoms with Gasteiger partial charge in [-0.3, -0.25) is 9.36 Å². The van der Waals surface area contributed by atoms with Gasteiger partial charge >= 0.3 is 0 Å². The van der Waals surface area contributed by atoms with Crippen molar-refractivity contribution >= 4 is 13.7 Å². The number of phosphoric ester groups is 1. The molecule has 314 valence electrons. The number of phosphoric acid groups is 1. The number of aliphatic hydroxyl groups is 1. The van der Waals surface area contributed by atoms with Crippen LogP contribution in [0.5, 0.6) is 0 Å². The number of hydrogen-bond acceptors (Lipinski definition) is 6. The number of carbonyl (C=O) groups excluding carboxylic acids is 1. The summed E-state index contributed by atoms with van der Waals surface area (Å²) >= 11 is 0. The summed E-state index contributed by atoms with van der Waals surface area (Å²) < 4.78 is 23.2. The largest absolute Gasteiger partial charge is 0.756 e. The molecule has 0 bridgehead atoms. The summed E-state index contributed by atoms with van der Waals surface area (Å²) in [7, 11) is 1.28. The van der Waals surface area contributed by atoms with E-state index in [4.69, 9.17) is 9.05 Å². The summed E-state index contributed by atoms with van der Waals surface area (Å²) in [6.45, 7) is 4.56. The van der Waals surface area contributed by atoms with Gasteiger partial charge in [-0.05, 0) is 57.8 Å². The molecule has 0 rings (SSSR count). The highest BCUT2D eigenvalue weighted by Crippen LogP contribution is 2.38. The topological polar surface area (TPSA) is 108 Å². The Kier molecular flexibility index (Phi) is 35.6. The summed E-state index contributed by atoms with van der Waals surface area (Å²) in [6.07, 6.45) is 46.5. The van der Waals surface area contributed by atoms with Crippen molar-refractivity contribution in [3.05, 3.63) is 60.8 Å². The number of rotatable bonds is 38. The number of carbonyl (C=O) groups is 1. The van der Waals surface area contributed by atoms with E-state index in [9.17, 15) is 19.4 Å². The number of nitrogens with zero attached hydrogens (tertiary/aromatic N) is 1. The fourth-order valence-corrected chi connectivity index (χ4v) is 6.55. The van der Waals surface area contributed by atoms with E-state index in [0.717, 1.165) is 89.9 Å². The molecule has 0 heterocycles. The molecule has 9 heteroatoms. The number of allylic oxidation sites excluding steroid dienone is 10. The van der Waals surface area contributed by atoms with Gasteiger partial charge in [0.25, 0.3) is 7.82 Å². The van der Waals surface area contributed by atoms with Crippen LogP contribution >= 0.6 is 7.82 Å². The number of nitrogens with one attached hydrogen (secondary N) is 1. The molecule has 0 spiro atoms. The minimum Gasteiger partial charge on any atom is -0.756 e. The molecule has 54 heavy (non-hydrogen) atoms. The third kappa shape index (κ3) is 38.5. The average Bonchev–Trinajstić information content (AvgIpc) is 3.12. The Bertz CT molecular complexity index is 1060. The van der Waals surface area contributed by atoms with Crippen LogP contribution in [-0.4, -0.2) is 68.5 Å². The van der Waals surface area contributed by atoms with Crippen molar-refractivity contribution in [3.8, 4) is 0 Å². The lowest BCUT2D eigenvalue weighted by Gasteiger charge is -2.30. The zero-order valence-electron chi connectivity index (χ0n) is 35.4. The molecule has 0 aliphatic heterocycles. The molecule has 3 atom stereocenters. The summed E-state index contributed by atoms with van der Waals surface area (Å²) in [4.78, 5) is 25.3. The highest BCUT2D eigenvalue weighted by atomic mass is 31.2. The van der Waals surface area contributed by atoms with E-state index in [1.807, 2.05) is 21.1 Å². The van der Waals surface area contributed by atoms with Gasteiger partial charge in [0.05, 0.1) is 39.9 Å². The number of likely N-dealkylation sites (N-methyl/N-ethyl adjacent to an activating group) is 1. The number of unbranched alkanes of at least 4 members (excludes halogenated alkanes) is 15. The van der Waals surface area contributed by atoms with Crippen LogP contribution in [-0.2, 0) is 18.4 Å². The Morgan fingerprint density at radius 1 is 0.667 bits per heavy atom. The average molecular weight is 779 g/mol. The lowest BCUT2D eigenvalue weighted by Crippen LogP contribution is -2.46. The maximum atomic E-state index is 12.8. The molecule has 0 aromatic heterocycles. The Morgan fingerprint density at radius 2 is 1.13 bits per heavy atom. The van der Waals surface area contributed by atoms with Crippen molar-refractivity contribution < 1.29 is 32.9 Å². The van der Waals surface area contributed by atoms with Crippen LogP contribution in [0.4, 0.5) is 0 Å². The van der Waals surface area contributed by atoms with Gasteiger partial charge in [0.2, 0.25) is 5.91 Å². The zero-order valence-corrected chi connectivity index (χ0v) is 36.3. The van der Waals surface area contributed by atoms with Crippen LogP contribution in [0.1, 0.15) is 168 Å². The number of quaternary nitrogens is 1. The molecular formula is C45H83N2O6P. The molecule has 2 N–H and O–H groups in total. The monoisotopic (exact) mass is 779 g/mol. The van der Waals surface area contributed by atoms with Gasteiger partial charge in [-0.15, -0.1) is 0 Å². The summed E-state index contributed by atoms with van der Waals surface area (Å²) in [5.41, 5.74) is 0. The lowest BCUT2D eigenvalue weighted by molar-refractivity contribution is -0.870. The van der Waals surface area contributed by atoms with E-state index in [1.54, 1.807) is 0 Å². The Labute approximate surface area is 332 Å². The summed E-state index contributed by atoms with van der Waals surface area (Å²) in [5.74, 6) is -0.188. The van der Waals surface area contributed by atoms with Crippen LogP contribution in [0.15, 0.2) is 60.8 Å². The molecule has 1 amide bonds. The lowest BCUT2D eigenvalue weighted by atomic mass is 10.0. The van der Waals surface area contributed by atoms with Gasteiger partial charge in [0.1, 0.15) is 13.2 Å². The number of amides is 1. The normalized spacial score (nSPS) is 15.0. The quantitative estimate of drug-likeness (QED) is 0.0280. The molecule has 0 aliphatic carbocycles. The second kappa shape index (κ2) is 36.8. The maximum Gasteiger partial charge on any atom is 0.268 e. The zero-order chi connectivity index (χ0) is 40.0. The highest BCUT2D eigenvalue weighted by Gasteiger charge is 2.24. The van der Waals surface area contributed by atoms with E-state index in [2.05, 4.69) is 79.9 Å². The SMILES string of the molecule is CC/C=C\C/C=C\C/C=C\C/C=C\C/C=C\CCCCCCCC(=O)NC(COP(=O)([O-])OCC[N+](C)(C)C)C(O)CCCCCCCCCCCCC. The highest BCUT2D eigenvalue weighted by molar-refractivity contribution is 7.45. The Morgan fingerprint density at radius 3 is 1.65 bits per heavy atom. The first-order valence-corrected chi connectivity index (χ1v) is 23.1. The van der Waals surface area contributed by atoms with Crippen molar-refractivity contribution in [2.24, 2.45) is 0 Å². The second-order valence-corrected chi connectivity index (χ2v) is 17.1. The van der Waals surface area contributed by atoms with Crippen molar-refractivity contribution in [1.82, 2.24) is 5.32 Å². The van der Waals surface area contributed by atoms with Crippen LogP contribution in [0, 0.1) is 0 Å². The molecule has 0 fully saturated rings. The predicted octanol–water partition coefficient (Wildman–Crippen LogP) is 11.2. The third-order valence-corrected chi connectivity index (χ3v) is 10.2. The first-order chi connectivity index (χ1) is 26.0. The molecule has 0 aliphatic rings. The minimum atomic E-state index is -4.57. The molecule has 0 saturated heterocycles. The van der Waals surface area contributed by atoms with Gasteiger partial charge in [0.15, 0.2) is 0 Å². The second-order valence-electron chi connectivity index (χ2n) is 15.7. The fourth-order valence-electron chi connectivity index (χ4n) is 5.83. The van der Waals surface area contributed by atoms with E-state index in [0.29, 0.717) is 23.9 Å². The first-order valence-electron chi connectivity index (χ1n) is 21.6. The van der Waals surface area contributed by atoms with Crippen LogP contribution < -0.4 is 10.2 Å². The third-order valence-electron chi connectivity index (χ3n) is 9.27. The molecule has 0 aromatic rings. The van der Waals surface area contributed by atoms with Gasteiger partial charge < -0.3 is 28.8 Å². The van der Waals surface area contributed by atoms with Gasteiger partial charge in [0, 0.05) is 6.42 Å².